The van der Waals surface area contributed by atoms with Gasteiger partial charge in [-0.3, -0.25) is 0 Å². The number of halogens is 2. The predicted octanol–water partition coefficient (Wildman–Crippen LogP) is 2.38. The van der Waals surface area contributed by atoms with Crippen LogP contribution < -0.4 is 10.1 Å². The summed E-state index contributed by atoms with van der Waals surface area (Å²) in [6.45, 7) is 2.50. The first-order valence-electron chi connectivity index (χ1n) is 9.87. The summed E-state index contributed by atoms with van der Waals surface area (Å²) in [6, 6.07) is 10.6. The molecular weight excluding hydrogens is 440 g/mol. The molecule has 2 heterocycles. The smallest absolute Gasteiger partial charge is 0.328 e. The maximum absolute atomic E-state index is 14.2. The minimum Gasteiger partial charge on any atom is -0.478 e. The molecule has 3 aromatic rings. The fourth-order valence-electron chi connectivity index (χ4n) is 3.02. The second-order valence-electron chi connectivity index (χ2n) is 6.85. The number of nitrogens with one attached hydrogen (secondary N) is 1. The van der Waals surface area contributed by atoms with Crippen molar-refractivity contribution in [1.29, 1.82) is 0 Å². The van der Waals surface area contributed by atoms with Gasteiger partial charge in [-0.2, -0.15) is 0 Å². The number of ether oxygens (including phenoxy) is 2. The maximum Gasteiger partial charge on any atom is 0.328 e. The van der Waals surface area contributed by atoms with Gasteiger partial charge in [0, 0.05) is 31.3 Å². The molecule has 0 bridgehead atoms. The number of rotatable bonds is 6. The highest BCUT2D eigenvalue weighted by Gasteiger charge is 2.19. The van der Waals surface area contributed by atoms with Crippen molar-refractivity contribution in [3.05, 3.63) is 66.3 Å². The zero-order chi connectivity index (χ0) is 23.8. The number of nitrogens with zero attached hydrogens (tertiary/aromatic N) is 2. The molecule has 0 unspecified atom stereocenters. The van der Waals surface area contributed by atoms with Crippen molar-refractivity contribution in [1.82, 2.24) is 15.1 Å². The summed E-state index contributed by atoms with van der Waals surface area (Å²) in [7, 11) is 0. The minimum absolute atomic E-state index is 0.0432. The van der Waals surface area contributed by atoms with Gasteiger partial charge in [-0.1, -0.05) is 12.1 Å². The second-order valence-corrected chi connectivity index (χ2v) is 6.85. The Labute approximate surface area is 186 Å². The van der Waals surface area contributed by atoms with Gasteiger partial charge in [-0.25, -0.2) is 23.1 Å². The Hall–Kier alpha value is -3.83. The highest BCUT2D eigenvalue weighted by Crippen LogP contribution is 2.28. The van der Waals surface area contributed by atoms with E-state index in [0.717, 1.165) is 30.1 Å². The van der Waals surface area contributed by atoms with Crippen LogP contribution in [0.15, 0.2) is 54.6 Å². The Kier molecular flexibility index (Phi) is 8.06. The Morgan fingerprint density at radius 3 is 2.58 bits per heavy atom. The van der Waals surface area contributed by atoms with Gasteiger partial charge in [0.1, 0.15) is 30.0 Å². The zero-order valence-corrected chi connectivity index (χ0v) is 17.3. The summed E-state index contributed by atoms with van der Waals surface area (Å²) in [6.07, 6.45) is 1.05. The van der Waals surface area contributed by atoms with Crippen LogP contribution in [0.5, 0.6) is 5.88 Å². The lowest BCUT2D eigenvalue weighted by atomic mass is 10.2. The van der Waals surface area contributed by atoms with Crippen LogP contribution in [-0.2, 0) is 14.3 Å². The van der Waals surface area contributed by atoms with Crippen LogP contribution in [0.4, 0.5) is 8.78 Å². The van der Waals surface area contributed by atoms with Crippen molar-refractivity contribution < 1.29 is 38.1 Å². The number of fused-ring (bicyclic) bond motifs is 1. The molecule has 3 N–H and O–H groups in total. The molecule has 0 saturated carbocycles. The van der Waals surface area contributed by atoms with Gasteiger partial charge in [0.15, 0.2) is 0 Å². The number of para-hydroxylation sites is 1. The van der Waals surface area contributed by atoms with Gasteiger partial charge in [0.2, 0.25) is 5.88 Å². The summed E-state index contributed by atoms with van der Waals surface area (Å²) in [4.78, 5) is 19.1. The summed E-state index contributed by atoms with van der Waals surface area (Å²) < 4.78 is 40.5. The SMILES string of the molecule is Fc1ccc(F)c(-n2nc(OC[C@@H]3CNCCO3)c3ccccc32)c1.O=C(O)/C=C\C(=O)O. The third-order valence-electron chi connectivity index (χ3n) is 4.47. The molecule has 0 radical (unpaired) electrons. The van der Waals surface area contributed by atoms with E-state index < -0.39 is 23.6 Å². The molecule has 174 valence electrons. The molecule has 0 spiro atoms. The summed E-state index contributed by atoms with van der Waals surface area (Å²) in [5.41, 5.74) is 0.686. The Morgan fingerprint density at radius 1 is 1.18 bits per heavy atom. The molecule has 0 aliphatic carbocycles. The quantitative estimate of drug-likeness (QED) is 0.479. The molecule has 33 heavy (non-hydrogen) atoms. The number of hydrogen-bond acceptors (Lipinski definition) is 6. The van der Waals surface area contributed by atoms with E-state index >= 15 is 0 Å². The topological polar surface area (TPSA) is 123 Å². The van der Waals surface area contributed by atoms with Gasteiger partial charge in [0.25, 0.3) is 0 Å². The molecular formula is C22H21F2N3O6. The molecule has 1 saturated heterocycles. The Balaban J connectivity index is 0.000000331. The normalized spacial score (nSPS) is 15.8. The summed E-state index contributed by atoms with van der Waals surface area (Å²) >= 11 is 0. The van der Waals surface area contributed by atoms with Gasteiger partial charge >= 0.3 is 11.9 Å². The average Bonchev–Trinajstić information content (AvgIpc) is 3.17. The zero-order valence-electron chi connectivity index (χ0n) is 17.3. The van der Waals surface area contributed by atoms with Crippen LogP contribution in [0.1, 0.15) is 0 Å². The Bertz CT molecular complexity index is 1140. The number of aromatic nitrogens is 2. The van der Waals surface area contributed by atoms with Gasteiger partial charge < -0.3 is 25.0 Å². The standard InChI is InChI=1S/C18H17F2N3O2.C4H4O4/c19-12-5-6-15(20)17(9-12)23-16-4-2-1-3-14(16)18(22-23)25-11-13-10-21-7-8-24-13;5-3(6)1-2-4(7)8/h1-6,9,13,21H,7-8,10-11H2;1-2H,(H,5,6)(H,7,8)/b;2-1-/t13-;/m0./s1. The molecule has 11 heteroatoms. The monoisotopic (exact) mass is 461 g/mol. The minimum atomic E-state index is -1.26. The van der Waals surface area contributed by atoms with Crippen LogP contribution in [0, 0.1) is 11.6 Å². The van der Waals surface area contributed by atoms with E-state index in [4.69, 9.17) is 19.7 Å². The van der Waals surface area contributed by atoms with Crippen LogP contribution in [0.25, 0.3) is 16.6 Å². The van der Waals surface area contributed by atoms with Gasteiger partial charge in [0.05, 0.1) is 17.5 Å². The third-order valence-corrected chi connectivity index (χ3v) is 4.47. The van der Waals surface area contributed by atoms with Crippen molar-refractivity contribution in [2.24, 2.45) is 0 Å². The van der Waals surface area contributed by atoms with E-state index in [-0.39, 0.29) is 11.8 Å². The van der Waals surface area contributed by atoms with E-state index in [1.54, 1.807) is 6.07 Å². The first kappa shape index (κ1) is 23.8. The molecule has 1 aromatic heterocycles. The second kappa shape index (κ2) is 11.2. The fourth-order valence-corrected chi connectivity index (χ4v) is 3.02. The molecule has 0 amide bonds. The number of aliphatic carboxylic acids is 2. The number of carboxylic acid groups (broad SMARTS) is 2. The number of carboxylic acids is 2. The van der Waals surface area contributed by atoms with Crippen LogP contribution in [0.2, 0.25) is 0 Å². The van der Waals surface area contributed by atoms with E-state index in [0.29, 0.717) is 43.3 Å². The van der Waals surface area contributed by atoms with Gasteiger partial charge in [-0.15, -0.1) is 5.10 Å². The average molecular weight is 461 g/mol. The molecule has 9 nitrogen and oxygen atoms in total. The fraction of sp³-hybridized carbons (Fsp3) is 0.227. The van der Waals surface area contributed by atoms with Crippen molar-refractivity contribution in [3.8, 4) is 11.6 Å². The van der Waals surface area contributed by atoms with Crippen molar-refractivity contribution in [2.45, 2.75) is 6.10 Å². The lowest BCUT2D eigenvalue weighted by Crippen LogP contribution is -2.41. The Morgan fingerprint density at radius 2 is 1.91 bits per heavy atom. The summed E-state index contributed by atoms with van der Waals surface area (Å²) in [5.74, 6) is -3.23. The van der Waals surface area contributed by atoms with E-state index in [9.17, 15) is 18.4 Å². The van der Waals surface area contributed by atoms with E-state index in [2.05, 4.69) is 10.4 Å². The lowest BCUT2D eigenvalue weighted by molar-refractivity contribution is -0.134. The number of carbonyl (C=O) groups is 2. The summed E-state index contributed by atoms with van der Waals surface area (Å²) in [5, 5.41) is 23.9. The van der Waals surface area contributed by atoms with Crippen LogP contribution in [-0.4, -0.2) is 64.3 Å². The van der Waals surface area contributed by atoms with E-state index in [1.165, 1.54) is 4.68 Å². The molecule has 1 aliphatic rings. The highest BCUT2D eigenvalue weighted by atomic mass is 19.1. The van der Waals surface area contributed by atoms with Crippen molar-refractivity contribution in [2.75, 3.05) is 26.3 Å². The maximum atomic E-state index is 14.2. The first-order valence-corrected chi connectivity index (χ1v) is 9.87. The number of hydrogen-bond donors (Lipinski definition) is 3. The largest absolute Gasteiger partial charge is 0.478 e. The molecule has 1 atom stereocenters. The van der Waals surface area contributed by atoms with Crippen LogP contribution >= 0.6 is 0 Å². The van der Waals surface area contributed by atoms with Crippen molar-refractivity contribution in [3.63, 3.8) is 0 Å². The lowest BCUT2D eigenvalue weighted by Gasteiger charge is -2.23. The van der Waals surface area contributed by atoms with Crippen LogP contribution in [0.3, 0.4) is 0 Å². The molecule has 2 aromatic carbocycles. The highest BCUT2D eigenvalue weighted by molar-refractivity contribution is 5.89. The molecule has 1 fully saturated rings. The molecule has 1 aliphatic heterocycles. The first-order chi connectivity index (χ1) is 15.8. The third kappa shape index (κ3) is 6.57. The number of benzene rings is 2. The van der Waals surface area contributed by atoms with Gasteiger partial charge in [-0.05, 0) is 24.3 Å². The molecule has 4 rings (SSSR count). The predicted molar refractivity (Wildman–Crippen MR) is 114 cm³/mol. The number of morpholine rings is 1. The van der Waals surface area contributed by atoms with Crippen molar-refractivity contribution >= 4 is 22.8 Å². The van der Waals surface area contributed by atoms with E-state index in [1.807, 2.05) is 18.2 Å².